The summed E-state index contributed by atoms with van der Waals surface area (Å²) in [5.74, 6) is 2.10. The lowest BCUT2D eigenvalue weighted by molar-refractivity contribution is 0.137. The van der Waals surface area contributed by atoms with Crippen LogP contribution >= 0.6 is 0 Å². The molecule has 1 saturated heterocycles. The summed E-state index contributed by atoms with van der Waals surface area (Å²) in [6.45, 7) is 10.1. The van der Waals surface area contributed by atoms with Gasteiger partial charge in [0, 0.05) is 18.8 Å². The number of aryl methyl sites for hydroxylation is 2. The number of ether oxygens (including phenoxy) is 1. The Balaban J connectivity index is 1.75. The van der Waals surface area contributed by atoms with Crippen LogP contribution in [-0.4, -0.2) is 57.1 Å². The second-order valence-corrected chi connectivity index (χ2v) is 7.83. The van der Waals surface area contributed by atoms with Crippen molar-refractivity contribution in [2.24, 2.45) is 0 Å². The summed E-state index contributed by atoms with van der Waals surface area (Å²) in [5.41, 5.74) is 3.86. The molecule has 3 aromatic heterocycles. The van der Waals surface area contributed by atoms with Crippen LogP contribution in [0.2, 0.25) is 0 Å². The number of aromatic nitrogens is 5. The van der Waals surface area contributed by atoms with E-state index in [0.717, 1.165) is 60.5 Å². The summed E-state index contributed by atoms with van der Waals surface area (Å²) in [6.07, 6.45) is 4.70. The van der Waals surface area contributed by atoms with Crippen molar-refractivity contribution in [3.05, 3.63) is 29.6 Å². The van der Waals surface area contributed by atoms with Gasteiger partial charge < -0.3 is 20.7 Å². The number of anilines is 3. The smallest absolute Gasteiger partial charge is 0.225 e. The van der Waals surface area contributed by atoms with Gasteiger partial charge in [0.1, 0.15) is 16.9 Å². The maximum Gasteiger partial charge on any atom is 0.225 e. The minimum atomic E-state index is 0.363. The fourth-order valence-corrected chi connectivity index (χ4v) is 3.87. The highest BCUT2D eigenvalue weighted by atomic mass is 16.5. The van der Waals surface area contributed by atoms with E-state index in [1.54, 1.807) is 6.20 Å². The van der Waals surface area contributed by atoms with E-state index in [-0.39, 0.29) is 0 Å². The third kappa shape index (κ3) is 5.11. The highest BCUT2D eigenvalue weighted by Gasteiger charge is 2.20. The van der Waals surface area contributed by atoms with E-state index in [9.17, 15) is 0 Å². The van der Waals surface area contributed by atoms with E-state index < -0.39 is 0 Å². The van der Waals surface area contributed by atoms with Gasteiger partial charge in [-0.1, -0.05) is 6.92 Å². The van der Waals surface area contributed by atoms with E-state index in [1.165, 1.54) is 0 Å². The largest absolute Gasteiger partial charge is 0.380 e. The van der Waals surface area contributed by atoms with Gasteiger partial charge in [-0.05, 0) is 63.9 Å². The lowest BCUT2D eigenvalue weighted by Gasteiger charge is -2.24. The molecule has 0 aromatic carbocycles. The van der Waals surface area contributed by atoms with Crippen LogP contribution in [0.4, 0.5) is 17.6 Å². The minimum Gasteiger partial charge on any atom is -0.380 e. The molecule has 4 heterocycles. The van der Waals surface area contributed by atoms with Gasteiger partial charge in [0.25, 0.3) is 0 Å². The Labute approximate surface area is 183 Å². The van der Waals surface area contributed by atoms with E-state index in [4.69, 9.17) is 19.8 Å². The average Bonchev–Trinajstić information content (AvgIpc) is 3.12. The second-order valence-electron chi connectivity index (χ2n) is 7.83. The first kappa shape index (κ1) is 21.5. The highest BCUT2D eigenvalue weighted by molar-refractivity contribution is 5.90. The summed E-state index contributed by atoms with van der Waals surface area (Å²) in [5, 5.41) is 15.2. The first-order valence-electron chi connectivity index (χ1n) is 11.2. The summed E-state index contributed by atoms with van der Waals surface area (Å²) in [6, 6.07) is 4.35. The zero-order valence-corrected chi connectivity index (χ0v) is 18.6. The van der Waals surface area contributed by atoms with Crippen LogP contribution in [0.25, 0.3) is 11.0 Å². The predicted molar refractivity (Wildman–Crippen MR) is 123 cm³/mol. The Morgan fingerprint density at radius 3 is 2.81 bits per heavy atom. The van der Waals surface area contributed by atoms with E-state index in [0.29, 0.717) is 37.6 Å². The van der Waals surface area contributed by atoms with Crippen molar-refractivity contribution in [2.45, 2.75) is 52.6 Å². The van der Waals surface area contributed by atoms with Crippen molar-refractivity contribution in [3.63, 3.8) is 0 Å². The molecule has 0 atom stereocenters. The van der Waals surface area contributed by atoms with Gasteiger partial charge in [-0.2, -0.15) is 10.1 Å². The van der Waals surface area contributed by atoms with Crippen LogP contribution < -0.4 is 16.0 Å². The van der Waals surface area contributed by atoms with Crippen LogP contribution in [-0.2, 0) is 17.7 Å². The highest BCUT2D eigenvalue weighted by Crippen LogP contribution is 2.28. The zero-order valence-electron chi connectivity index (χ0n) is 18.6. The molecule has 0 saturated carbocycles. The molecule has 3 N–H and O–H groups in total. The quantitative estimate of drug-likeness (QED) is 0.451. The number of hydrogen-bond donors (Lipinski definition) is 3. The van der Waals surface area contributed by atoms with Crippen molar-refractivity contribution >= 4 is 28.6 Å². The Morgan fingerprint density at radius 2 is 2.06 bits per heavy atom. The number of fused-ring (bicyclic) bond motifs is 1. The molecule has 1 aliphatic rings. The third-order valence-electron chi connectivity index (χ3n) is 5.48. The number of hydrogen-bond acceptors (Lipinski definition) is 8. The van der Waals surface area contributed by atoms with E-state index in [2.05, 4.69) is 27.9 Å². The van der Waals surface area contributed by atoms with Gasteiger partial charge in [-0.3, -0.25) is 4.68 Å². The van der Waals surface area contributed by atoms with Crippen LogP contribution in [0.1, 0.15) is 37.9 Å². The SMILES string of the molecule is CCOCCn1nc(CC)c2nc(NC3CCNCC3)nc(Nc3cc(C)ccn3)c21. The molecular formula is C22H32N8O. The fourth-order valence-electron chi connectivity index (χ4n) is 3.87. The topological polar surface area (TPSA) is 102 Å². The molecule has 9 nitrogen and oxygen atoms in total. The van der Waals surface area contributed by atoms with E-state index >= 15 is 0 Å². The summed E-state index contributed by atoms with van der Waals surface area (Å²) >= 11 is 0. The number of pyridine rings is 1. The van der Waals surface area contributed by atoms with Crippen LogP contribution in [0.3, 0.4) is 0 Å². The van der Waals surface area contributed by atoms with E-state index in [1.807, 2.05) is 30.7 Å². The normalized spacial score (nSPS) is 14.8. The maximum absolute atomic E-state index is 5.57. The van der Waals surface area contributed by atoms with Gasteiger partial charge in [0.15, 0.2) is 5.82 Å². The van der Waals surface area contributed by atoms with Gasteiger partial charge in [0.05, 0.1) is 18.8 Å². The molecule has 0 bridgehead atoms. The number of piperidine rings is 1. The van der Waals surface area contributed by atoms with Crippen LogP contribution in [0.15, 0.2) is 18.3 Å². The predicted octanol–water partition coefficient (Wildman–Crippen LogP) is 3.04. The van der Waals surface area contributed by atoms with Gasteiger partial charge >= 0.3 is 0 Å². The molecule has 4 rings (SSSR count). The lowest BCUT2D eigenvalue weighted by atomic mass is 10.1. The molecule has 3 aromatic rings. The average molecular weight is 425 g/mol. The molecule has 0 spiro atoms. The molecular weight excluding hydrogens is 392 g/mol. The molecule has 9 heteroatoms. The number of nitrogens with one attached hydrogen (secondary N) is 3. The molecule has 1 aliphatic heterocycles. The minimum absolute atomic E-state index is 0.363. The molecule has 166 valence electrons. The molecule has 0 aliphatic carbocycles. The Bertz CT molecular complexity index is 1010. The fraction of sp³-hybridized carbons (Fsp3) is 0.545. The summed E-state index contributed by atoms with van der Waals surface area (Å²) in [7, 11) is 0. The van der Waals surface area contributed by atoms with Crippen molar-refractivity contribution < 1.29 is 4.74 Å². The Hall–Kier alpha value is -2.78. The Morgan fingerprint density at radius 1 is 1.23 bits per heavy atom. The van der Waals surface area contributed by atoms with Crippen LogP contribution in [0.5, 0.6) is 0 Å². The standard InChI is InChI=1S/C22H32N8O/c1-4-17-19-20(30(29-17)12-13-31-5-2)21(26-18-14-15(3)6-11-24-18)28-22(27-19)25-16-7-9-23-10-8-16/h6,11,14,16,23H,4-5,7-10,12-13H2,1-3H3,(H2,24,25,26,27,28). The molecule has 0 radical (unpaired) electrons. The van der Waals surface area contributed by atoms with Gasteiger partial charge in [-0.25, -0.2) is 9.97 Å². The van der Waals surface area contributed by atoms with Gasteiger partial charge in [-0.15, -0.1) is 0 Å². The van der Waals surface area contributed by atoms with Crippen molar-refractivity contribution in [3.8, 4) is 0 Å². The molecule has 0 unspecified atom stereocenters. The second kappa shape index (κ2) is 10.0. The lowest BCUT2D eigenvalue weighted by Crippen LogP contribution is -2.35. The van der Waals surface area contributed by atoms with Crippen LogP contribution in [0, 0.1) is 6.92 Å². The number of rotatable bonds is 9. The summed E-state index contributed by atoms with van der Waals surface area (Å²) in [4.78, 5) is 14.2. The first-order chi connectivity index (χ1) is 15.2. The first-order valence-corrected chi connectivity index (χ1v) is 11.2. The zero-order chi connectivity index (χ0) is 21.6. The third-order valence-corrected chi connectivity index (χ3v) is 5.48. The Kier molecular flexibility index (Phi) is 6.93. The van der Waals surface area contributed by atoms with Gasteiger partial charge in [0.2, 0.25) is 5.95 Å². The monoisotopic (exact) mass is 424 g/mol. The maximum atomic E-state index is 5.57. The number of nitrogens with zero attached hydrogens (tertiary/aromatic N) is 5. The molecule has 31 heavy (non-hydrogen) atoms. The van der Waals surface area contributed by atoms with Crippen molar-refractivity contribution in [2.75, 3.05) is 36.9 Å². The van der Waals surface area contributed by atoms with Crippen molar-refractivity contribution in [1.29, 1.82) is 0 Å². The summed E-state index contributed by atoms with van der Waals surface area (Å²) < 4.78 is 7.53. The molecule has 0 amide bonds. The van der Waals surface area contributed by atoms with Crippen molar-refractivity contribution in [1.82, 2.24) is 30.0 Å². The molecule has 1 fully saturated rings.